The van der Waals surface area contributed by atoms with Gasteiger partial charge in [-0.2, -0.15) is 0 Å². The summed E-state index contributed by atoms with van der Waals surface area (Å²) in [7, 11) is 1.65. The van der Waals surface area contributed by atoms with Crippen molar-refractivity contribution in [1.29, 1.82) is 0 Å². The minimum absolute atomic E-state index is 0.180. The molecule has 0 saturated heterocycles. The monoisotopic (exact) mass is 424 g/mol. The van der Waals surface area contributed by atoms with Crippen molar-refractivity contribution in [3.63, 3.8) is 0 Å². The van der Waals surface area contributed by atoms with E-state index >= 15 is 0 Å². The van der Waals surface area contributed by atoms with Crippen LogP contribution in [-0.4, -0.2) is 41.5 Å². The number of fused-ring (bicyclic) bond motifs is 1. The van der Waals surface area contributed by atoms with Gasteiger partial charge in [0, 0.05) is 43.2 Å². The molecule has 164 valence electrons. The zero-order chi connectivity index (χ0) is 22.4. The highest BCUT2D eigenvalue weighted by molar-refractivity contribution is 5.82. The molecule has 1 amide bonds. The fourth-order valence-corrected chi connectivity index (χ4v) is 3.11. The molecule has 0 spiro atoms. The number of aliphatic imine (C=N–C) groups is 1. The second-order valence-electron chi connectivity index (χ2n) is 7.99. The number of carbonyl (C=O) groups is 1. The van der Waals surface area contributed by atoms with Crippen LogP contribution in [0.15, 0.2) is 47.4 Å². The van der Waals surface area contributed by atoms with E-state index in [1.807, 2.05) is 45.0 Å². The van der Waals surface area contributed by atoms with Gasteiger partial charge in [-0.1, -0.05) is 12.1 Å². The summed E-state index contributed by atoms with van der Waals surface area (Å²) in [6, 6.07) is 7.43. The molecule has 1 aromatic carbocycles. The quantitative estimate of drug-likeness (QED) is 0.628. The molecular formula is C22H28N6O3. The lowest BCUT2D eigenvalue weighted by atomic mass is 9.98. The lowest BCUT2D eigenvalue weighted by Crippen LogP contribution is -2.36. The molecule has 9 nitrogen and oxygen atoms in total. The van der Waals surface area contributed by atoms with Gasteiger partial charge in [-0.15, -0.1) is 0 Å². The zero-order valence-electron chi connectivity index (χ0n) is 18.2. The molecule has 0 bridgehead atoms. The Labute approximate surface area is 181 Å². The summed E-state index contributed by atoms with van der Waals surface area (Å²) < 4.78 is 11.2. The molecule has 3 rings (SSSR count). The molecule has 1 aliphatic heterocycles. The predicted octanol–water partition coefficient (Wildman–Crippen LogP) is 3.40. The van der Waals surface area contributed by atoms with E-state index in [1.54, 1.807) is 19.5 Å². The third-order valence-electron chi connectivity index (χ3n) is 4.40. The molecule has 1 aliphatic rings. The molecule has 2 aromatic rings. The summed E-state index contributed by atoms with van der Waals surface area (Å²) in [6.45, 7) is 6.00. The molecule has 2 heterocycles. The van der Waals surface area contributed by atoms with E-state index in [4.69, 9.17) is 15.2 Å². The molecule has 1 unspecified atom stereocenters. The highest BCUT2D eigenvalue weighted by atomic mass is 16.6. The number of carbonyl (C=O) groups excluding carboxylic acids is 1. The summed E-state index contributed by atoms with van der Waals surface area (Å²) in [5.74, 6) is 1.11. The van der Waals surface area contributed by atoms with Crippen molar-refractivity contribution >= 4 is 18.3 Å². The minimum atomic E-state index is -0.553. The predicted molar refractivity (Wildman–Crippen MR) is 120 cm³/mol. The molecule has 0 aliphatic carbocycles. The molecule has 0 saturated carbocycles. The molecule has 1 aromatic heterocycles. The number of nitrogens with one attached hydrogen (secondary N) is 2. The van der Waals surface area contributed by atoms with Crippen molar-refractivity contribution in [1.82, 2.24) is 15.3 Å². The first kappa shape index (κ1) is 22.1. The van der Waals surface area contributed by atoms with Crippen molar-refractivity contribution in [3.8, 4) is 17.0 Å². The molecule has 0 fully saturated rings. The number of benzene rings is 1. The number of anilines is 1. The molecular weight excluding hydrogens is 396 g/mol. The first-order valence-corrected chi connectivity index (χ1v) is 10.00. The van der Waals surface area contributed by atoms with Crippen molar-refractivity contribution in [2.45, 2.75) is 38.8 Å². The van der Waals surface area contributed by atoms with Crippen LogP contribution >= 0.6 is 0 Å². The van der Waals surface area contributed by atoms with E-state index < -0.39 is 11.7 Å². The van der Waals surface area contributed by atoms with Crippen LogP contribution in [-0.2, 0) is 4.74 Å². The Kier molecular flexibility index (Phi) is 6.74. The second kappa shape index (κ2) is 9.46. The van der Waals surface area contributed by atoms with Gasteiger partial charge in [0.1, 0.15) is 11.4 Å². The fourth-order valence-electron chi connectivity index (χ4n) is 3.11. The van der Waals surface area contributed by atoms with Gasteiger partial charge in [0.15, 0.2) is 0 Å². The second-order valence-corrected chi connectivity index (χ2v) is 7.99. The number of rotatable bonds is 5. The van der Waals surface area contributed by atoms with Gasteiger partial charge < -0.3 is 25.8 Å². The molecule has 9 heteroatoms. The van der Waals surface area contributed by atoms with Gasteiger partial charge in [0.05, 0.1) is 24.0 Å². The van der Waals surface area contributed by atoms with Crippen molar-refractivity contribution in [2.75, 3.05) is 19.0 Å². The van der Waals surface area contributed by atoms with Crippen LogP contribution in [0.25, 0.3) is 11.3 Å². The van der Waals surface area contributed by atoms with Crippen LogP contribution in [0.4, 0.5) is 10.7 Å². The number of hydrogen-bond donors (Lipinski definition) is 3. The minimum Gasteiger partial charge on any atom is -0.493 e. The normalized spacial score (nSPS) is 16.4. The number of ether oxygens (including phenoxy) is 2. The molecule has 4 N–H and O–H groups in total. The molecule has 31 heavy (non-hydrogen) atoms. The van der Waals surface area contributed by atoms with Crippen molar-refractivity contribution in [2.24, 2.45) is 10.7 Å². The number of hydrogen-bond acceptors (Lipinski definition) is 8. The lowest BCUT2D eigenvalue weighted by molar-refractivity contribution is 0.0491. The SMILES string of the molecule is CN=C/C(=C\N)Nc1nccc(-c2ccc3c(c2)OCCC3NC(=O)OC(C)(C)C)n1. The third kappa shape index (κ3) is 5.94. The van der Waals surface area contributed by atoms with Gasteiger partial charge in [-0.05, 0) is 32.9 Å². The lowest BCUT2D eigenvalue weighted by Gasteiger charge is -2.28. The highest BCUT2D eigenvalue weighted by Gasteiger charge is 2.26. The van der Waals surface area contributed by atoms with Gasteiger partial charge >= 0.3 is 6.09 Å². The Hall–Kier alpha value is -3.62. The van der Waals surface area contributed by atoms with Gasteiger partial charge in [0.25, 0.3) is 0 Å². The van der Waals surface area contributed by atoms with Crippen LogP contribution < -0.4 is 21.1 Å². The number of allylic oxidation sites excluding steroid dienone is 1. The summed E-state index contributed by atoms with van der Waals surface area (Å²) in [5, 5.41) is 5.95. The summed E-state index contributed by atoms with van der Waals surface area (Å²) in [5.41, 5.74) is 8.11. The Morgan fingerprint density at radius 3 is 2.87 bits per heavy atom. The standard InChI is InChI=1S/C22H28N6O3/c1-22(2,3)31-21(29)28-18-8-10-30-19-11-14(5-6-16(18)19)17-7-9-25-20(27-17)26-15(12-23)13-24-4/h5-7,9,11-13,18H,8,10,23H2,1-4H3,(H,28,29)(H,25,26,27)/b15-12+,24-13?. The van der Waals surface area contributed by atoms with Crippen molar-refractivity contribution in [3.05, 3.63) is 47.9 Å². The number of alkyl carbamates (subject to hydrolysis) is 1. The summed E-state index contributed by atoms with van der Waals surface area (Å²) in [4.78, 5) is 24.9. The number of aromatic nitrogens is 2. The van der Waals surface area contributed by atoms with Gasteiger partial charge in [0.2, 0.25) is 5.95 Å². The maximum atomic E-state index is 12.2. The fraction of sp³-hybridized carbons (Fsp3) is 0.364. The summed E-state index contributed by atoms with van der Waals surface area (Å²) >= 11 is 0. The van der Waals surface area contributed by atoms with E-state index in [0.717, 1.165) is 16.8 Å². The van der Waals surface area contributed by atoms with E-state index in [2.05, 4.69) is 25.6 Å². The Morgan fingerprint density at radius 2 is 2.16 bits per heavy atom. The Morgan fingerprint density at radius 1 is 1.35 bits per heavy atom. The van der Waals surface area contributed by atoms with Crippen LogP contribution in [0.5, 0.6) is 5.75 Å². The van der Waals surface area contributed by atoms with Crippen LogP contribution in [0, 0.1) is 0 Å². The third-order valence-corrected chi connectivity index (χ3v) is 4.40. The zero-order valence-corrected chi connectivity index (χ0v) is 18.2. The Bertz CT molecular complexity index is 997. The maximum absolute atomic E-state index is 12.2. The van der Waals surface area contributed by atoms with E-state index in [9.17, 15) is 4.79 Å². The number of nitrogens with two attached hydrogens (primary N) is 1. The van der Waals surface area contributed by atoms with Gasteiger partial charge in [-0.3, -0.25) is 4.99 Å². The van der Waals surface area contributed by atoms with Crippen LogP contribution in [0.3, 0.4) is 0 Å². The first-order valence-electron chi connectivity index (χ1n) is 10.00. The Balaban J connectivity index is 1.80. The van der Waals surface area contributed by atoms with E-state index in [0.29, 0.717) is 30.4 Å². The average molecular weight is 425 g/mol. The largest absolute Gasteiger partial charge is 0.493 e. The average Bonchev–Trinajstić information content (AvgIpc) is 2.72. The van der Waals surface area contributed by atoms with E-state index in [1.165, 1.54) is 6.20 Å². The summed E-state index contributed by atoms with van der Waals surface area (Å²) in [6.07, 6.45) is 4.86. The van der Waals surface area contributed by atoms with Gasteiger partial charge in [-0.25, -0.2) is 14.8 Å². The van der Waals surface area contributed by atoms with Crippen molar-refractivity contribution < 1.29 is 14.3 Å². The highest BCUT2D eigenvalue weighted by Crippen LogP contribution is 2.35. The maximum Gasteiger partial charge on any atom is 0.408 e. The molecule has 1 atom stereocenters. The van der Waals surface area contributed by atoms with Crippen LogP contribution in [0.2, 0.25) is 0 Å². The molecule has 0 radical (unpaired) electrons. The van der Waals surface area contributed by atoms with Crippen LogP contribution in [0.1, 0.15) is 38.8 Å². The smallest absolute Gasteiger partial charge is 0.408 e. The number of amides is 1. The number of nitrogens with zero attached hydrogens (tertiary/aromatic N) is 3. The first-order chi connectivity index (χ1) is 14.8. The topological polar surface area (TPSA) is 124 Å². The van der Waals surface area contributed by atoms with E-state index in [-0.39, 0.29) is 6.04 Å².